The second-order valence-corrected chi connectivity index (χ2v) is 10.8. The maximum Gasteiger partial charge on any atom is 0.227 e. The minimum absolute atomic E-state index is 0.601. The van der Waals surface area contributed by atoms with Crippen molar-refractivity contribution in [1.82, 2.24) is 19.9 Å². The molecule has 2 unspecified atom stereocenters. The van der Waals surface area contributed by atoms with Crippen LogP contribution < -0.4 is 15.1 Å². The van der Waals surface area contributed by atoms with Crippen molar-refractivity contribution in [2.75, 3.05) is 59.8 Å². The summed E-state index contributed by atoms with van der Waals surface area (Å²) in [5.74, 6) is 3.98. The average molecular weight is 474 g/mol. The van der Waals surface area contributed by atoms with Gasteiger partial charge in [-0.2, -0.15) is 11.8 Å². The Hall–Kier alpha value is -2.84. The zero-order chi connectivity index (χ0) is 23.1. The lowest BCUT2D eigenvalue weighted by Crippen LogP contribution is -2.44. The number of nitrogens with one attached hydrogen (secondary N) is 1. The fourth-order valence-corrected chi connectivity index (χ4v) is 6.35. The number of piperazine rings is 1. The molecule has 3 aliphatic rings. The maximum atomic E-state index is 4.75. The fraction of sp³-hybridized carbons (Fsp3) is 0.423. The molecule has 0 amide bonds. The van der Waals surface area contributed by atoms with Gasteiger partial charge in [0.25, 0.3) is 0 Å². The number of benzene rings is 1. The van der Waals surface area contributed by atoms with Crippen molar-refractivity contribution in [2.24, 2.45) is 0 Å². The van der Waals surface area contributed by atoms with E-state index < -0.39 is 0 Å². The molecular formula is C26H31N7S. The van der Waals surface area contributed by atoms with Crippen LogP contribution >= 0.6 is 11.8 Å². The van der Waals surface area contributed by atoms with E-state index in [1.54, 1.807) is 6.20 Å². The third-order valence-electron chi connectivity index (χ3n) is 7.31. The quantitative estimate of drug-likeness (QED) is 0.596. The van der Waals surface area contributed by atoms with Crippen LogP contribution in [0.2, 0.25) is 0 Å². The van der Waals surface area contributed by atoms with E-state index in [0.29, 0.717) is 18.0 Å². The zero-order valence-electron chi connectivity index (χ0n) is 19.8. The Morgan fingerprint density at radius 2 is 1.88 bits per heavy atom. The van der Waals surface area contributed by atoms with E-state index in [4.69, 9.17) is 9.97 Å². The summed E-state index contributed by atoms with van der Waals surface area (Å²) in [6, 6.07) is 14.1. The van der Waals surface area contributed by atoms with Gasteiger partial charge in [-0.3, -0.25) is 4.90 Å². The minimum atomic E-state index is 0.601. The molecule has 3 fully saturated rings. The highest BCUT2D eigenvalue weighted by Crippen LogP contribution is 2.36. The number of likely N-dealkylation sites (tertiary alicyclic amines) is 1. The van der Waals surface area contributed by atoms with Gasteiger partial charge in [-0.25, -0.2) is 15.0 Å². The molecule has 0 radical (unpaired) electrons. The Morgan fingerprint density at radius 3 is 2.59 bits per heavy atom. The van der Waals surface area contributed by atoms with Gasteiger partial charge in [0.2, 0.25) is 5.95 Å². The summed E-state index contributed by atoms with van der Waals surface area (Å²) >= 11 is 2.01. The van der Waals surface area contributed by atoms with Crippen LogP contribution in [0, 0.1) is 6.92 Å². The van der Waals surface area contributed by atoms with Crippen LogP contribution in [-0.2, 0) is 0 Å². The molecule has 0 spiro atoms. The molecule has 2 aromatic heterocycles. The topological polar surface area (TPSA) is 60.4 Å². The summed E-state index contributed by atoms with van der Waals surface area (Å²) in [7, 11) is 2.24. The molecule has 5 heterocycles. The number of hydrogen-bond donors (Lipinski definition) is 1. The van der Waals surface area contributed by atoms with Crippen molar-refractivity contribution in [3.8, 4) is 11.3 Å². The van der Waals surface area contributed by atoms with E-state index in [1.807, 2.05) is 24.0 Å². The molecule has 1 aromatic carbocycles. The largest absolute Gasteiger partial charge is 0.365 e. The number of thioether (sulfide) groups is 1. The number of nitrogens with zero attached hydrogens (tertiary/aromatic N) is 6. The lowest BCUT2D eigenvalue weighted by atomic mass is 10.1. The molecule has 3 aliphatic heterocycles. The first-order valence-electron chi connectivity index (χ1n) is 12.1. The highest BCUT2D eigenvalue weighted by molar-refractivity contribution is 7.99. The highest BCUT2D eigenvalue weighted by Gasteiger charge is 2.41. The molecule has 8 heteroatoms. The zero-order valence-corrected chi connectivity index (χ0v) is 20.6. The number of hydrogen-bond acceptors (Lipinski definition) is 8. The number of likely N-dealkylation sites (N-methyl/N-ethyl adjacent to an activating group) is 1. The summed E-state index contributed by atoms with van der Waals surface area (Å²) in [5.41, 5.74) is 5.51. The van der Waals surface area contributed by atoms with E-state index in [9.17, 15) is 0 Å². The molecule has 3 aromatic rings. The van der Waals surface area contributed by atoms with Crippen LogP contribution in [0.5, 0.6) is 0 Å². The van der Waals surface area contributed by atoms with Gasteiger partial charge < -0.3 is 15.1 Å². The van der Waals surface area contributed by atoms with Gasteiger partial charge in [-0.05, 0) is 62.4 Å². The number of anilines is 4. The van der Waals surface area contributed by atoms with Gasteiger partial charge in [0.05, 0.1) is 5.69 Å². The molecule has 2 bridgehead atoms. The van der Waals surface area contributed by atoms with Gasteiger partial charge in [0, 0.05) is 79.1 Å². The molecule has 0 saturated carbocycles. The molecule has 3 saturated heterocycles. The van der Waals surface area contributed by atoms with Gasteiger partial charge in [0.15, 0.2) is 0 Å². The van der Waals surface area contributed by atoms with Gasteiger partial charge in [-0.15, -0.1) is 0 Å². The smallest absolute Gasteiger partial charge is 0.227 e. The van der Waals surface area contributed by atoms with E-state index in [0.717, 1.165) is 48.9 Å². The van der Waals surface area contributed by atoms with Crippen LogP contribution in [-0.4, -0.2) is 76.7 Å². The van der Waals surface area contributed by atoms with Gasteiger partial charge >= 0.3 is 0 Å². The van der Waals surface area contributed by atoms with E-state index in [2.05, 4.69) is 69.3 Å². The van der Waals surface area contributed by atoms with Crippen molar-refractivity contribution in [2.45, 2.75) is 25.4 Å². The molecule has 176 valence electrons. The lowest BCUT2D eigenvalue weighted by molar-refractivity contribution is 0.292. The highest BCUT2D eigenvalue weighted by atomic mass is 32.2. The van der Waals surface area contributed by atoms with Crippen LogP contribution in [0.15, 0.2) is 48.8 Å². The number of aromatic nitrogens is 3. The lowest BCUT2D eigenvalue weighted by Gasteiger charge is -2.34. The van der Waals surface area contributed by atoms with Crippen LogP contribution in [0.25, 0.3) is 11.3 Å². The first-order valence-corrected chi connectivity index (χ1v) is 13.3. The van der Waals surface area contributed by atoms with Crippen molar-refractivity contribution in [1.29, 1.82) is 0 Å². The Balaban J connectivity index is 1.16. The van der Waals surface area contributed by atoms with E-state index in [-0.39, 0.29) is 0 Å². The fourth-order valence-electron chi connectivity index (χ4n) is 5.44. The van der Waals surface area contributed by atoms with Crippen molar-refractivity contribution >= 4 is 34.9 Å². The Bertz CT molecular complexity index is 1160. The average Bonchev–Trinajstić information content (AvgIpc) is 3.45. The molecule has 0 aliphatic carbocycles. The first-order chi connectivity index (χ1) is 16.6. The third kappa shape index (κ3) is 4.20. The summed E-state index contributed by atoms with van der Waals surface area (Å²) in [5, 5.41) is 3.40. The Kier molecular flexibility index (Phi) is 5.79. The standard InChI is InChI=1S/C26H31N7S/c1-18-13-20(4-5-24(18)33-17-21-14-22(33)16-31(21)2)29-26-27-8-7-23(30-26)19-3-6-25(28-15-19)32-9-11-34-12-10-32/h3-8,13,15,21-22H,9-12,14,16-17H2,1-2H3,(H,27,29,30). The summed E-state index contributed by atoms with van der Waals surface area (Å²) in [6.07, 6.45) is 5.01. The van der Waals surface area contributed by atoms with Crippen molar-refractivity contribution < 1.29 is 0 Å². The predicted octanol–water partition coefficient (Wildman–Crippen LogP) is 4.04. The van der Waals surface area contributed by atoms with E-state index in [1.165, 1.54) is 29.2 Å². The van der Waals surface area contributed by atoms with Crippen LogP contribution in [0.3, 0.4) is 0 Å². The first kappa shape index (κ1) is 21.7. The van der Waals surface area contributed by atoms with Crippen molar-refractivity contribution in [3.63, 3.8) is 0 Å². The molecule has 6 rings (SSSR count). The molecular weight excluding hydrogens is 442 g/mol. The minimum Gasteiger partial charge on any atom is -0.365 e. The SMILES string of the molecule is Cc1cc(Nc2nccc(-c3ccc(N4CCSCC4)nc3)n2)ccc1N1CC2CC1CN2C. The number of fused-ring (bicyclic) bond motifs is 2. The monoisotopic (exact) mass is 473 g/mol. The normalized spacial score (nSPS) is 22.4. The van der Waals surface area contributed by atoms with Crippen LogP contribution in [0.4, 0.5) is 23.1 Å². The second-order valence-electron chi connectivity index (χ2n) is 9.53. The molecule has 1 N–H and O–H groups in total. The number of rotatable bonds is 5. The van der Waals surface area contributed by atoms with Gasteiger partial charge in [-0.1, -0.05) is 0 Å². The number of pyridine rings is 1. The summed E-state index contributed by atoms with van der Waals surface area (Å²) in [6.45, 7) is 6.61. The Labute approximate surface area is 205 Å². The summed E-state index contributed by atoms with van der Waals surface area (Å²) in [4.78, 5) is 21.3. The molecule has 7 nitrogen and oxygen atoms in total. The van der Waals surface area contributed by atoms with Gasteiger partial charge in [0.1, 0.15) is 5.82 Å². The summed E-state index contributed by atoms with van der Waals surface area (Å²) < 4.78 is 0. The molecule has 2 atom stereocenters. The Morgan fingerprint density at radius 1 is 1.00 bits per heavy atom. The molecule has 34 heavy (non-hydrogen) atoms. The van der Waals surface area contributed by atoms with E-state index >= 15 is 0 Å². The van der Waals surface area contributed by atoms with Crippen molar-refractivity contribution in [3.05, 3.63) is 54.4 Å². The predicted molar refractivity (Wildman–Crippen MR) is 141 cm³/mol. The maximum absolute atomic E-state index is 4.75. The second kappa shape index (κ2) is 9.07. The van der Waals surface area contributed by atoms with Crippen LogP contribution in [0.1, 0.15) is 12.0 Å². The number of aryl methyl sites for hydroxylation is 1. The third-order valence-corrected chi connectivity index (χ3v) is 8.25.